The first-order chi connectivity index (χ1) is 22.0. The molecule has 3 N–H and O–H groups in total. The van der Waals surface area contributed by atoms with Gasteiger partial charge in [-0.15, -0.1) is 5.10 Å². The number of carbonyl (C=O) groups excluding carboxylic acids is 1. The van der Waals surface area contributed by atoms with Crippen molar-refractivity contribution in [3.63, 3.8) is 0 Å². The highest BCUT2D eigenvalue weighted by Crippen LogP contribution is 2.38. The van der Waals surface area contributed by atoms with Gasteiger partial charge in [-0.3, -0.25) is 0 Å². The summed E-state index contributed by atoms with van der Waals surface area (Å²) in [5.41, 5.74) is 1.47. The van der Waals surface area contributed by atoms with Gasteiger partial charge in [0.05, 0.1) is 29.0 Å². The van der Waals surface area contributed by atoms with Crippen LogP contribution in [0.1, 0.15) is 17.5 Å². The fraction of sp³-hybridized carbons (Fsp3) is 0.188. The van der Waals surface area contributed by atoms with Gasteiger partial charge in [-0.2, -0.15) is 26.3 Å². The maximum Gasteiger partial charge on any atom is 0.418 e. The van der Waals surface area contributed by atoms with Gasteiger partial charge in [0.2, 0.25) is 0 Å². The molecule has 0 unspecified atom stereocenters. The topological polar surface area (TPSA) is 98.8 Å². The number of carbonyl (C=O) groups is 1. The van der Waals surface area contributed by atoms with Gasteiger partial charge in [-0.05, 0) is 57.8 Å². The van der Waals surface area contributed by atoms with Crippen LogP contribution >= 0.6 is 0 Å². The molecule has 2 amide bonds. The Kier molecular flexibility index (Phi) is 9.54. The first-order valence-corrected chi connectivity index (χ1v) is 14.1. The third-order valence-corrected chi connectivity index (χ3v) is 7.08. The number of H-pyrrole nitrogens is 1. The molecule has 1 aromatic heterocycles. The molecule has 4 aromatic carbocycles. The fourth-order valence-electron chi connectivity index (χ4n) is 4.93. The van der Waals surface area contributed by atoms with E-state index in [-0.39, 0.29) is 17.9 Å². The molecular weight excluding hydrogens is 612 g/mol. The molecule has 0 atom stereocenters. The van der Waals surface area contributed by atoms with E-state index in [0.29, 0.717) is 28.9 Å². The molecule has 0 aliphatic rings. The molecule has 0 spiro atoms. The van der Waals surface area contributed by atoms with Crippen LogP contribution in [0.4, 0.5) is 48.2 Å². The quantitative estimate of drug-likeness (QED) is 0.134. The second-order valence-corrected chi connectivity index (χ2v) is 10.2. The number of tetrazole rings is 1. The molecule has 0 radical (unpaired) electrons. The van der Waals surface area contributed by atoms with Crippen molar-refractivity contribution in [2.75, 3.05) is 28.6 Å². The number of para-hydroxylation sites is 1. The van der Waals surface area contributed by atoms with Crippen LogP contribution < -0.4 is 15.5 Å². The number of aromatic amines is 1. The summed E-state index contributed by atoms with van der Waals surface area (Å²) < 4.78 is 81.1. The molecule has 238 valence electrons. The second-order valence-electron chi connectivity index (χ2n) is 10.2. The minimum atomic E-state index is -4.74. The van der Waals surface area contributed by atoms with E-state index in [9.17, 15) is 31.1 Å². The Morgan fingerprint density at radius 3 is 2.13 bits per heavy atom. The molecule has 0 fully saturated rings. The van der Waals surface area contributed by atoms with Crippen LogP contribution in [-0.2, 0) is 12.6 Å². The smallest absolute Gasteiger partial charge is 0.369 e. The van der Waals surface area contributed by atoms with Crippen LogP contribution in [0.3, 0.4) is 0 Å². The summed E-state index contributed by atoms with van der Waals surface area (Å²) in [6.45, 7) is -0.268. The lowest BCUT2D eigenvalue weighted by Gasteiger charge is -2.28. The molecule has 0 saturated carbocycles. The van der Waals surface area contributed by atoms with Crippen molar-refractivity contribution in [2.24, 2.45) is 0 Å². The van der Waals surface area contributed by atoms with Gasteiger partial charge in [0.15, 0.2) is 5.82 Å². The van der Waals surface area contributed by atoms with Gasteiger partial charge >= 0.3 is 18.4 Å². The molecule has 0 aliphatic heterocycles. The summed E-state index contributed by atoms with van der Waals surface area (Å²) in [6.07, 6.45) is -9.93. The molecule has 46 heavy (non-hydrogen) atoms. The largest absolute Gasteiger partial charge is 0.418 e. The Morgan fingerprint density at radius 2 is 1.43 bits per heavy atom. The van der Waals surface area contributed by atoms with Gasteiger partial charge in [0.1, 0.15) is 0 Å². The van der Waals surface area contributed by atoms with Crippen molar-refractivity contribution in [1.82, 2.24) is 20.6 Å². The highest BCUT2D eigenvalue weighted by atomic mass is 19.4. The monoisotopic (exact) mass is 639 g/mol. The Morgan fingerprint density at radius 1 is 0.761 bits per heavy atom. The standard InChI is InChI=1S/C32H27F6N7O/c33-31(34,35)17-19-45(18-16-21-8-2-1-3-9-21)28-15-14-22(23-10-4-5-11-24(23)29-41-43-44-42-29)20-27(28)40-30(46)39-26-13-7-6-12-25(26)32(36,37)38/h1-15,20H,16-19H2,(H2,39,40,46)(H,41,42,43,44). The molecule has 14 heteroatoms. The molecule has 0 saturated heterocycles. The van der Waals surface area contributed by atoms with Gasteiger partial charge < -0.3 is 15.5 Å². The van der Waals surface area contributed by atoms with Gasteiger partial charge in [-0.1, -0.05) is 72.8 Å². The van der Waals surface area contributed by atoms with E-state index >= 15 is 0 Å². The number of hydrogen-bond donors (Lipinski definition) is 3. The Hall–Kier alpha value is -5.40. The molecule has 0 bridgehead atoms. The number of amides is 2. The lowest BCUT2D eigenvalue weighted by atomic mass is 9.98. The number of rotatable bonds is 10. The molecule has 1 heterocycles. The maximum atomic E-state index is 13.6. The second kappa shape index (κ2) is 13.7. The average molecular weight is 640 g/mol. The summed E-state index contributed by atoms with van der Waals surface area (Å²) in [4.78, 5) is 14.7. The highest BCUT2D eigenvalue weighted by Gasteiger charge is 2.34. The van der Waals surface area contributed by atoms with E-state index in [4.69, 9.17) is 0 Å². The van der Waals surface area contributed by atoms with Crippen molar-refractivity contribution < 1.29 is 31.1 Å². The molecule has 5 aromatic rings. The number of alkyl halides is 6. The van der Waals surface area contributed by atoms with Gasteiger partial charge in [0.25, 0.3) is 0 Å². The van der Waals surface area contributed by atoms with Crippen molar-refractivity contribution >= 4 is 23.1 Å². The van der Waals surface area contributed by atoms with E-state index in [1.807, 2.05) is 30.3 Å². The van der Waals surface area contributed by atoms with Crippen molar-refractivity contribution in [3.8, 4) is 22.5 Å². The van der Waals surface area contributed by atoms with Crippen LogP contribution in [0.15, 0.2) is 97.1 Å². The number of benzene rings is 4. The minimum Gasteiger partial charge on any atom is -0.369 e. The van der Waals surface area contributed by atoms with E-state index in [1.54, 1.807) is 42.5 Å². The first kappa shape index (κ1) is 32.0. The van der Waals surface area contributed by atoms with Crippen LogP contribution in [0.2, 0.25) is 0 Å². The number of aromatic nitrogens is 4. The third kappa shape index (κ3) is 8.20. The van der Waals surface area contributed by atoms with Crippen molar-refractivity contribution in [2.45, 2.75) is 25.2 Å². The normalized spacial score (nSPS) is 11.7. The SMILES string of the molecule is O=C(Nc1cc(-c2ccccc2-c2nnn[nH]2)ccc1N(CCc1ccccc1)CCC(F)(F)F)Nc1ccccc1C(F)(F)F. The molecule has 5 rings (SSSR count). The molecule has 0 aliphatic carbocycles. The zero-order valence-corrected chi connectivity index (χ0v) is 24.0. The summed E-state index contributed by atoms with van der Waals surface area (Å²) >= 11 is 0. The predicted octanol–water partition coefficient (Wildman–Crippen LogP) is 8.20. The van der Waals surface area contributed by atoms with Gasteiger partial charge in [0, 0.05) is 18.7 Å². The van der Waals surface area contributed by atoms with Crippen molar-refractivity contribution in [3.05, 3.63) is 108 Å². The van der Waals surface area contributed by atoms with Crippen molar-refractivity contribution in [1.29, 1.82) is 0 Å². The van der Waals surface area contributed by atoms with E-state index < -0.39 is 42.6 Å². The summed E-state index contributed by atoms with van der Waals surface area (Å²) in [6, 6.07) is 24.5. The van der Waals surface area contributed by atoms with Crippen LogP contribution in [0.5, 0.6) is 0 Å². The number of nitrogens with zero attached hydrogens (tertiary/aromatic N) is 4. The fourth-order valence-corrected chi connectivity index (χ4v) is 4.93. The Labute approximate surface area is 259 Å². The number of nitrogens with one attached hydrogen (secondary N) is 3. The Bertz CT molecular complexity index is 1760. The summed E-state index contributed by atoms with van der Waals surface area (Å²) in [7, 11) is 0. The first-order valence-electron chi connectivity index (χ1n) is 14.1. The average Bonchev–Trinajstić information content (AvgIpc) is 3.56. The Balaban J connectivity index is 1.54. The number of halogens is 6. The lowest BCUT2D eigenvalue weighted by Crippen LogP contribution is -2.31. The zero-order valence-electron chi connectivity index (χ0n) is 24.0. The number of urea groups is 1. The predicted molar refractivity (Wildman–Crippen MR) is 162 cm³/mol. The summed E-state index contributed by atoms with van der Waals surface area (Å²) in [5, 5.41) is 18.7. The lowest BCUT2D eigenvalue weighted by molar-refractivity contribution is -0.137. The third-order valence-electron chi connectivity index (χ3n) is 7.08. The van der Waals surface area contributed by atoms with Crippen LogP contribution in [-0.4, -0.2) is 45.9 Å². The maximum absolute atomic E-state index is 13.6. The number of hydrogen-bond acceptors (Lipinski definition) is 5. The van der Waals surface area contributed by atoms with Crippen LogP contribution in [0.25, 0.3) is 22.5 Å². The number of anilines is 3. The van der Waals surface area contributed by atoms with E-state index in [1.165, 1.54) is 17.0 Å². The van der Waals surface area contributed by atoms with E-state index in [2.05, 4.69) is 31.3 Å². The zero-order chi connectivity index (χ0) is 32.7. The minimum absolute atomic E-state index is 0.0835. The summed E-state index contributed by atoms with van der Waals surface area (Å²) in [5.74, 6) is 0.352. The molecular formula is C32H27F6N7O. The highest BCUT2D eigenvalue weighted by molar-refractivity contribution is 6.03. The van der Waals surface area contributed by atoms with E-state index in [0.717, 1.165) is 17.7 Å². The molecule has 8 nitrogen and oxygen atoms in total. The van der Waals surface area contributed by atoms with Crippen LogP contribution in [0, 0.1) is 0 Å². The van der Waals surface area contributed by atoms with Gasteiger partial charge in [-0.25, -0.2) is 9.89 Å².